The summed E-state index contributed by atoms with van der Waals surface area (Å²) in [4.78, 5) is 25.5. The predicted molar refractivity (Wildman–Crippen MR) is 101 cm³/mol. The van der Waals surface area contributed by atoms with Crippen molar-refractivity contribution in [3.05, 3.63) is 24.3 Å². The molecule has 3 aromatic heterocycles. The van der Waals surface area contributed by atoms with Crippen LogP contribution in [0.4, 0.5) is 4.79 Å². The van der Waals surface area contributed by atoms with Crippen molar-refractivity contribution in [3.8, 4) is 0 Å². The van der Waals surface area contributed by atoms with E-state index in [4.69, 9.17) is 4.74 Å². The number of rotatable bonds is 3. The molecule has 8 heteroatoms. The zero-order chi connectivity index (χ0) is 19.1. The average Bonchev–Trinajstić information content (AvgIpc) is 3.26. The highest BCUT2D eigenvalue weighted by Gasteiger charge is 2.29. The fraction of sp³-hybridized carbons (Fsp3) is 0.526. The number of amides is 1. The Balaban J connectivity index is 1.66. The number of carbonyl (C=O) groups excluding carboxylic acids is 1. The number of hydrogen-bond donors (Lipinski definition) is 2. The van der Waals surface area contributed by atoms with Gasteiger partial charge < -0.3 is 24.3 Å². The summed E-state index contributed by atoms with van der Waals surface area (Å²) in [6.45, 7) is 1.74. The minimum Gasteiger partial charge on any atom is -0.446 e. The van der Waals surface area contributed by atoms with Crippen molar-refractivity contribution in [3.63, 3.8) is 0 Å². The molecule has 2 N–H and O–H groups in total. The number of nitrogens with zero attached hydrogens (tertiary/aromatic N) is 4. The summed E-state index contributed by atoms with van der Waals surface area (Å²) in [5.41, 5.74) is 2.61. The van der Waals surface area contributed by atoms with Crippen molar-refractivity contribution < 1.29 is 14.6 Å². The molecule has 0 radical (unpaired) electrons. The molecule has 1 aliphatic rings. The number of aromatic amines is 1. The highest BCUT2D eigenvalue weighted by molar-refractivity contribution is 6.01. The van der Waals surface area contributed by atoms with E-state index in [0.29, 0.717) is 5.82 Å². The van der Waals surface area contributed by atoms with E-state index in [1.165, 1.54) is 4.90 Å². The van der Waals surface area contributed by atoms with Crippen molar-refractivity contribution in [2.75, 3.05) is 14.1 Å². The number of aromatic nitrogens is 4. The molecule has 0 unspecified atom stereocenters. The summed E-state index contributed by atoms with van der Waals surface area (Å²) in [7, 11) is 3.38. The summed E-state index contributed by atoms with van der Waals surface area (Å²) >= 11 is 0. The van der Waals surface area contributed by atoms with Crippen LogP contribution in [0.2, 0.25) is 0 Å². The molecular weight excluding hydrogens is 346 g/mol. The highest BCUT2D eigenvalue weighted by atomic mass is 16.6. The molecule has 3 heterocycles. The van der Waals surface area contributed by atoms with Gasteiger partial charge in [0.1, 0.15) is 29.2 Å². The van der Waals surface area contributed by atoms with Crippen LogP contribution in [0, 0.1) is 0 Å². The third kappa shape index (κ3) is 3.14. The minimum absolute atomic E-state index is 0.0603. The number of hydrogen-bond acceptors (Lipinski definition) is 5. The maximum absolute atomic E-state index is 11.8. The van der Waals surface area contributed by atoms with Crippen LogP contribution >= 0.6 is 0 Å². The first-order valence-corrected chi connectivity index (χ1v) is 9.35. The summed E-state index contributed by atoms with van der Waals surface area (Å²) in [6.07, 6.45) is 5.92. The molecule has 1 aliphatic carbocycles. The van der Waals surface area contributed by atoms with Gasteiger partial charge in [-0.2, -0.15) is 0 Å². The molecule has 0 spiro atoms. The van der Waals surface area contributed by atoms with Crippen molar-refractivity contribution in [1.82, 2.24) is 24.4 Å². The van der Waals surface area contributed by atoms with Gasteiger partial charge in [0.05, 0.1) is 11.7 Å². The lowest BCUT2D eigenvalue weighted by Crippen LogP contribution is -2.31. The Hall–Kier alpha value is -2.61. The molecule has 27 heavy (non-hydrogen) atoms. The number of imidazole rings is 1. The second-order valence-electron chi connectivity index (χ2n) is 7.46. The largest absolute Gasteiger partial charge is 0.446 e. The number of pyridine rings is 1. The Labute approximate surface area is 157 Å². The molecule has 1 atom stereocenters. The van der Waals surface area contributed by atoms with Crippen LogP contribution in [0.3, 0.4) is 0 Å². The molecular formula is C19H25N5O3. The number of aliphatic hydroxyl groups is 1. The van der Waals surface area contributed by atoms with Gasteiger partial charge in [0.15, 0.2) is 0 Å². The lowest BCUT2D eigenvalue weighted by Gasteiger charge is -2.31. The second-order valence-corrected chi connectivity index (χ2v) is 7.46. The zero-order valence-electron chi connectivity index (χ0n) is 15.8. The second kappa shape index (κ2) is 6.84. The fourth-order valence-electron chi connectivity index (χ4n) is 3.94. The van der Waals surface area contributed by atoms with Crippen molar-refractivity contribution in [2.24, 2.45) is 0 Å². The molecule has 4 rings (SSSR count). The number of fused-ring (bicyclic) bond motifs is 3. The fourth-order valence-corrected chi connectivity index (χ4v) is 3.94. The standard InChI is InChI=1S/C19H25N5O3/c1-11(25)18-22-15-10-21-17-14(8-9-20-17)16(15)24(18)12-4-6-13(7-5-12)27-19(26)23(2)3/h8-13,25H,4-7H2,1-3H3,(H,20,21)/t11-,12?,13?/m1/s1. The van der Waals surface area contributed by atoms with E-state index in [1.54, 1.807) is 27.2 Å². The summed E-state index contributed by atoms with van der Waals surface area (Å²) < 4.78 is 7.71. The summed E-state index contributed by atoms with van der Waals surface area (Å²) in [5, 5.41) is 11.3. The topological polar surface area (TPSA) is 96.3 Å². The van der Waals surface area contributed by atoms with Gasteiger partial charge in [0.2, 0.25) is 0 Å². The lowest BCUT2D eigenvalue weighted by molar-refractivity contribution is 0.0473. The Morgan fingerprint density at radius 1 is 1.37 bits per heavy atom. The van der Waals surface area contributed by atoms with Gasteiger partial charge in [-0.3, -0.25) is 0 Å². The number of nitrogens with one attached hydrogen (secondary N) is 1. The predicted octanol–water partition coefficient (Wildman–Crippen LogP) is 3.15. The van der Waals surface area contributed by atoms with Gasteiger partial charge in [-0.05, 0) is 38.7 Å². The van der Waals surface area contributed by atoms with E-state index in [0.717, 1.165) is 47.8 Å². The van der Waals surface area contributed by atoms with Crippen LogP contribution in [0.1, 0.15) is 50.6 Å². The van der Waals surface area contributed by atoms with Crippen LogP contribution in [0.25, 0.3) is 22.1 Å². The van der Waals surface area contributed by atoms with E-state index in [9.17, 15) is 9.90 Å². The summed E-state index contributed by atoms with van der Waals surface area (Å²) in [6, 6.07) is 2.20. The monoisotopic (exact) mass is 371 g/mol. The molecule has 0 bridgehead atoms. The molecule has 8 nitrogen and oxygen atoms in total. The Morgan fingerprint density at radius 2 is 2.11 bits per heavy atom. The number of H-pyrrole nitrogens is 1. The molecule has 1 saturated carbocycles. The zero-order valence-corrected chi connectivity index (χ0v) is 15.8. The van der Waals surface area contributed by atoms with Crippen LogP contribution in [-0.4, -0.2) is 55.8 Å². The third-order valence-electron chi connectivity index (χ3n) is 5.28. The number of aliphatic hydroxyl groups excluding tert-OH is 1. The first kappa shape index (κ1) is 17.8. The van der Waals surface area contributed by atoms with Crippen molar-refractivity contribution >= 4 is 28.2 Å². The molecule has 0 saturated heterocycles. The molecule has 0 aromatic carbocycles. The SMILES string of the molecule is C[C@@H](O)c1nc2cnc3[nH]ccc3c2n1C1CCC(OC(=O)N(C)C)CC1. The quantitative estimate of drug-likeness (QED) is 0.737. The average molecular weight is 371 g/mol. The molecule has 0 aliphatic heterocycles. The minimum atomic E-state index is -0.671. The Bertz CT molecular complexity index is 966. The number of carbonyl (C=O) groups is 1. The van der Waals surface area contributed by atoms with Gasteiger partial charge in [-0.25, -0.2) is 14.8 Å². The maximum Gasteiger partial charge on any atom is 0.409 e. The Kier molecular flexibility index (Phi) is 4.51. The molecule has 3 aromatic rings. The van der Waals surface area contributed by atoms with E-state index >= 15 is 0 Å². The molecule has 1 amide bonds. The van der Waals surface area contributed by atoms with Gasteiger partial charge in [0, 0.05) is 31.7 Å². The van der Waals surface area contributed by atoms with Crippen LogP contribution in [-0.2, 0) is 4.74 Å². The van der Waals surface area contributed by atoms with Crippen molar-refractivity contribution in [1.29, 1.82) is 0 Å². The van der Waals surface area contributed by atoms with Crippen LogP contribution in [0.15, 0.2) is 18.5 Å². The van der Waals surface area contributed by atoms with Gasteiger partial charge in [-0.15, -0.1) is 0 Å². The lowest BCUT2D eigenvalue weighted by atomic mass is 9.92. The smallest absolute Gasteiger partial charge is 0.409 e. The first-order valence-electron chi connectivity index (χ1n) is 9.35. The molecule has 144 valence electrons. The van der Waals surface area contributed by atoms with Gasteiger partial charge in [-0.1, -0.05) is 0 Å². The van der Waals surface area contributed by atoms with Crippen molar-refractivity contribution in [2.45, 2.75) is 50.9 Å². The number of ether oxygens (including phenoxy) is 1. The van der Waals surface area contributed by atoms with Gasteiger partial charge >= 0.3 is 6.09 Å². The van der Waals surface area contributed by atoms with E-state index in [-0.39, 0.29) is 18.2 Å². The van der Waals surface area contributed by atoms with Gasteiger partial charge in [0.25, 0.3) is 0 Å². The van der Waals surface area contributed by atoms with E-state index < -0.39 is 6.10 Å². The third-order valence-corrected chi connectivity index (χ3v) is 5.28. The normalized spacial score (nSPS) is 21.5. The van der Waals surface area contributed by atoms with Crippen LogP contribution < -0.4 is 0 Å². The van der Waals surface area contributed by atoms with E-state index in [1.807, 2.05) is 12.3 Å². The molecule has 1 fully saturated rings. The summed E-state index contributed by atoms with van der Waals surface area (Å²) in [5.74, 6) is 0.661. The maximum atomic E-state index is 11.8. The Morgan fingerprint density at radius 3 is 2.78 bits per heavy atom. The highest BCUT2D eigenvalue weighted by Crippen LogP contribution is 2.37. The first-order chi connectivity index (χ1) is 13.0. The van der Waals surface area contributed by atoms with Crippen LogP contribution in [0.5, 0.6) is 0 Å². The van der Waals surface area contributed by atoms with E-state index in [2.05, 4.69) is 19.5 Å².